The molecule has 1 amide bonds. The van der Waals surface area contributed by atoms with Crippen LogP contribution in [0.15, 0.2) is 18.2 Å². The number of aliphatic hydroxyl groups excluding tert-OH is 1. The second-order valence-corrected chi connectivity index (χ2v) is 6.07. The van der Waals surface area contributed by atoms with Gasteiger partial charge in [-0.05, 0) is 30.5 Å². The standard InChI is InChI=1S/C14H17NO4S/c1-9-6-7-15(8-11(9)16)14(19)12-4-2-10(20-12)3-5-13(17)18/h2-5,9,11,16H,6-8H2,1H3,(H,17,18)/b5-3+. The van der Waals surface area contributed by atoms with Gasteiger partial charge in [0.1, 0.15) is 0 Å². The van der Waals surface area contributed by atoms with Gasteiger partial charge in [-0.1, -0.05) is 6.92 Å². The van der Waals surface area contributed by atoms with E-state index in [0.717, 1.165) is 17.4 Å². The molecule has 1 aliphatic rings. The lowest BCUT2D eigenvalue weighted by Gasteiger charge is -2.34. The molecule has 0 saturated carbocycles. The second-order valence-electron chi connectivity index (χ2n) is 4.96. The maximum absolute atomic E-state index is 12.3. The number of piperidine rings is 1. The Morgan fingerprint density at radius 1 is 1.45 bits per heavy atom. The number of thiophene rings is 1. The Labute approximate surface area is 121 Å². The third kappa shape index (κ3) is 3.46. The van der Waals surface area contributed by atoms with Crippen LogP contribution >= 0.6 is 11.3 Å². The van der Waals surface area contributed by atoms with Gasteiger partial charge in [0.05, 0.1) is 11.0 Å². The zero-order valence-electron chi connectivity index (χ0n) is 11.2. The highest BCUT2D eigenvalue weighted by Gasteiger charge is 2.28. The Morgan fingerprint density at radius 3 is 2.85 bits per heavy atom. The van der Waals surface area contributed by atoms with Crippen molar-refractivity contribution in [3.8, 4) is 0 Å². The predicted octanol–water partition coefficient (Wildman–Crippen LogP) is 1.69. The number of aliphatic hydroxyl groups is 1. The molecule has 1 saturated heterocycles. The van der Waals surface area contributed by atoms with Gasteiger partial charge in [-0.25, -0.2) is 4.79 Å². The molecule has 2 heterocycles. The summed E-state index contributed by atoms with van der Waals surface area (Å²) in [6.07, 6.45) is 2.84. The van der Waals surface area contributed by atoms with E-state index in [1.807, 2.05) is 6.92 Å². The van der Waals surface area contributed by atoms with Crippen molar-refractivity contribution in [2.45, 2.75) is 19.4 Å². The van der Waals surface area contributed by atoms with Crippen LogP contribution in [-0.4, -0.2) is 46.2 Å². The van der Waals surface area contributed by atoms with Gasteiger partial charge >= 0.3 is 5.97 Å². The van der Waals surface area contributed by atoms with Crippen molar-refractivity contribution in [2.24, 2.45) is 5.92 Å². The molecule has 0 spiro atoms. The van der Waals surface area contributed by atoms with Crippen LogP contribution in [0.1, 0.15) is 27.9 Å². The van der Waals surface area contributed by atoms with Gasteiger partial charge < -0.3 is 15.1 Å². The molecular weight excluding hydrogens is 278 g/mol. The SMILES string of the molecule is CC1CCN(C(=O)c2ccc(/C=C/C(=O)O)s2)CC1O. The average Bonchev–Trinajstić information content (AvgIpc) is 2.87. The van der Waals surface area contributed by atoms with E-state index in [2.05, 4.69) is 0 Å². The number of likely N-dealkylation sites (tertiary alicyclic amines) is 1. The minimum absolute atomic E-state index is 0.101. The number of carbonyl (C=O) groups is 2. The van der Waals surface area contributed by atoms with Crippen LogP contribution in [0.5, 0.6) is 0 Å². The highest BCUT2D eigenvalue weighted by Crippen LogP contribution is 2.23. The van der Waals surface area contributed by atoms with Crippen molar-refractivity contribution in [3.63, 3.8) is 0 Å². The number of carboxylic acid groups (broad SMARTS) is 1. The smallest absolute Gasteiger partial charge is 0.328 e. The number of hydrogen-bond acceptors (Lipinski definition) is 4. The molecule has 0 bridgehead atoms. The summed E-state index contributed by atoms with van der Waals surface area (Å²) in [4.78, 5) is 25.7. The highest BCUT2D eigenvalue weighted by atomic mass is 32.1. The monoisotopic (exact) mass is 295 g/mol. The molecule has 0 aliphatic carbocycles. The molecule has 0 aromatic carbocycles. The minimum Gasteiger partial charge on any atom is -0.478 e. The Hall–Kier alpha value is -1.66. The quantitative estimate of drug-likeness (QED) is 0.832. The van der Waals surface area contributed by atoms with E-state index < -0.39 is 12.1 Å². The maximum Gasteiger partial charge on any atom is 0.328 e. The lowest BCUT2D eigenvalue weighted by atomic mass is 9.96. The number of aliphatic carboxylic acids is 1. The third-order valence-corrected chi connectivity index (χ3v) is 4.47. The zero-order chi connectivity index (χ0) is 14.7. The molecule has 108 valence electrons. The van der Waals surface area contributed by atoms with Crippen LogP contribution in [0.3, 0.4) is 0 Å². The van der Waals surface area contributed by atoms with Gasteiger partial charge in [0, 0.05) is 24.0 Å². The summed E-state index contributed by atoms with van der Waals surface area (Å²) in [6.45, 7) is 2.99. The van der Waals surface area contributed by atoms with Gasteiger partial charge in [0.15, 0.2) is 0 Å². The molecule has 20 heavy (non-hydrogen) atoms. The van der Waals surface area contributed by atoms with Crippen molar-refractivity contribution in [1.82, 2.24) is 4.90 Å². The number of rotatable bonds is 3. The minimum atomic E-state index is -1.01. The van der Waals surface area contributed by atoms with E-state index in [0.29, 0.717) is 18.0 Å². The highest BCUT2D eigenvalue weighted by molar-refractivity contribution is 7.14. The van der Waals surface area contributed by atoms with Gasteiger partial charge in [-0.2, -0.15) is 0 Å². The molecule has 6 heteroatoms. The second kappa shape index (κ2) is 6.19. The molecule has 2 N–H and O–H groups in total. The first-order chi connectivity index (χ1) is 9.47. The van der Waals surface area contributed by atoms with Crippen LogP contribution in [0.2, 0.25) is 0 Å². The first-order valence-corrected chi connectivity index (χ1v) is 7.27. The number of carbonyl (C=O) groups excluding carboxylic acids is 1. The molecule has 1 aromatic rings. The lowest BCUT2D eigenvalue weighted by molar-refractivity contribution is -0.131. The molecule has 1 fully saturated rings. The summed E-state index contributed by atoms with van der Waals surface area (Å²) in [5.41, 5.74) is 0. The van der Waals surface area contributed by atoms with E-state index in [-0.39, 0.29) is 11.8 Å². The van der Waals surface area contributed by atoms with Crippen LogP contribution < -0.4 is 0 Å². The molecule has 1 aromatic heterocycles. The molecule has 1 aliphatic heterocycles. The average molecular weight is 295 g/mol. The largest absolute Gasteiger partial charge is 0.478 e. The van der Waals surface area contributed by atoms with Crippen LogP contribution in [-0.2, 0) is 4.79 Å². The van der Waals surface area contributed by atoms with E-state index in [1.165, 1.54) is 17.4 Å². The van der Waals surface area contributed by atoms with Crippen molar-refractivity contribution >= 4 is 29.3 Å². The normalized spacial score (nSPS) is 23.2. The molecule has 2 rings (SSSR count). The third-order valence-electron chi connectivity index (χ3n) is 3.43. The fraction of sp³-hybridized carbons (Fsp3) is 0.429. The Morgan fingerprint density at radius 2 is 2.20 bits per heavy atom. The van der Waals surface area contributed by atoms with E-state index in [9.17, 15) is 14.7 Å². The van der Waals surface area contributed by atoms with E-state index >= 15 is 0 Å². The first kappa shape index (κ1) is 14.7. The van der Waals surface area contributed by atoms with Gasteiger partial charge in [0.2, 0.25) is 0 Å². The van der Waals surface area contributed by atoms with Gasteiger partial charge in [-0.15, -0.1) is 11.3 Å². The predicted molar refractivity (Wildman–Crippen MR) is 76.7 cm³/mol. The number of nitrogens with zero attached hydrogens (tertiary/aromatic N) is 1. The summed E-state index contributed by atoms with van der Waals surface area (Å²) >= 11 is 1.26. The summed E-state index contributed by atoms with van der Waals surface area (Å²) in [6, 6.07) is 3.42. The van der Waals surface area contributed by atoms with Crippen molar-refractivity contribution in [1.29, 1.82) is 0 Å². The lowest BCUT2D eigenvalue weighted by Crippen LogP contribution is -2.45. The van der Waals surface area contributed by atoms with Crippen molar-refractivity contribution in [2.75, 3.05) is 13.1 Å². The van der Waals surface area contributed by atoms with Crippen LogP contribution in [0.4, 0.5) is 0 Å². The van der Waals surface area contributed by atoms with E-state index in [4.69, 9.17) is 5.11 Å². The maximum atomic E-state index is 12.3. The number of hydrogen-bond donors (Lipinski definition) is 2. The van der Waals surface area contributed by atoms with Crippen LogP contribution in [0.25, 0.3) is 6.08 Å². The fourth-order valence-electron chi connectivity index (χ4n) is 2.10. The first-order valence-electron chi connectivity index (χ1n) is 6.45. The van der Waals surface area contributed by atoms with E-state index in [1.54, 1.807) is 17.0 Å². The molecular formula is C14H17NO4S. The zero-order valence-corrected chi connectivity index (χ0v) is 12.0. The molecule has 2 unspecified atom stereocenters. The molecule has 0 radical (unpaired) electrons. The Balaban J connectivity index is 2.04. The van der Waals surface area contributed by atoms with Crippen molar-refractivity contribution < 1.29 is 19.8 Å². The van der Waals surface area contributed by atoms with Crippen molar-refractivity contribution in [3.05, 3.63) is 28.0 Å². The molecule has 5 nitrogen and oxygen atoms in total. The van der Waals surface area contributed by atoms with Gasteiger partial charge in [-0.3, -0.25) is 4.79 Å². The number of amides is 1. The number of β-amino-alcohol motifs (C(OH)–C–C–N with tert-alkyl or cyclic N) is 1. The topological polar surface area (TPSA) is 77.8 Å². The summed E-state index contributed by atoms with van der Waals surface area (Å²) < 4.78 is 0. The number of carboxylic acids is 1. The molecule has 2 atom stereocenters. The van der Waals surface area contributed by atoms with Crippen LogP contribution in [0, 0.1) is 5.92 Å². The Bertz CT molecular complexity index is 537. The summed E-state index contributed by atoms with van der Waals surface area (Å²) in [7, 11) is 0. The Kier molecular flexibility index (Phi) is 4.57. The summed E-state index contributed by atoms with van der Waals surface area (Å²) in [5.74, 6) is -0.896. The van der Waals surface area contributed by atoms with Gasteiger partial charge in [0.25, 0.3) is 5.91 Å². The summed E-state index contributed by atoms with van der Waals surface area (Å²) in [5, 5.41) is 18.4. The fourth-order valence-corrected chi connectivity index (χ4v) is 2.98.